The minimum Gasteiger partial charge on any atom is -0.382 e. The molecule has 0 radical (unpaired) electrons. The number of hydrogen-bond donors (Lipinski definition) is 1. The Hall–Kier alpha value is -1.68. The summed E-state index contributed by atoms with van der Waals surface area (Å²) in [6, 6.07) is 8.06. The van der Waals surface area contributed by atoms with Crippen molar-refractivity contribution in [2.45, 2.75) is 19.8 Å². The number of hydrogen-bond acceptors (Lipinski definition) is 4. The molecular formula is C13H13N3S. The summed E-state index contributed by atoms with van der Waals surface area (Å²) in [5.41, 5.74) is 7.75. The van der Waals surface area contributed by atoms with Gasteiger partial charge in [-0.3, -0.25) is 0 Å². The van der Waals surface area contributed by atoms with Crippen LogP contribution < -0.4 is 5.73 Å². The number of thiazole rings is 1. The molecule has 2 N–H and O–H groups in total. The molecule has 0 aliphatic heterocycles. The van der Waals surface area contributed by atoms with Gasteiger partial charge in [-0.1, -0.05) is 32.0 Å². The predicted molar refractivity (Wildman–Crippen MR) is 73.4 cm³/mol. The number of nitrogen functional groups attached to an aromatic ring is 1. The van der Waals surface area contributed by atoms with E-state index >= 15 is 0 Å². The van der Waals surface area contributed by atoms with Crippen LogP contribution in [0.15, 0.2) is 24.3 Å². The lowest BCUT2D eigenvalue weighted by atomic mass is 10.2. The summed E-state index contributed by atoms with van der Waals surface area (Å²) < 4.78 is 1.15. The number of nitrogens with two attached hydrogens (primary N) is 1. The van der Waals surface area contributed by atoms with Crippen LogP contribution in [-0.4, -0.2) is 9.97 Å². The zero-order valence-corrected chi connectivity index (χ0v) is 10.6. The lowest BCUT2D eigenvalue weighted by Crippen LogP contribution is -1.92. The summed E-state index contributed by atoms with van der Waals surface area (Å²) in [5.74, 6) is 0.951. The lowest BCUT2D eigenvalue weighted by Gasteiger charge is -1.99. The van der Waals surface area contributed by atoms with Crippen molar-refractivity contribution in [1.29, 1.82) is 0 Å². The third-order valence-corrected chi connectivity index (χ3v) is 4.16. The van der Waals surface area contributed by atoms with Crippen LogP contribution in [0.25, 0.3) is 21.1 Å². The molecule has 3 rings (SSSR count). The highest BCUT2D eigenvalue weighted by molar-refractivity contribution is 7.19. The van der Waals surface area contributed by atoms with Crippen LogP contribution in [0.3, 0.4) is 0 Å². The smallest absolute Gasteiger partial charge is 0.151 e. The highest BCUT2D eigenvalue weighted by Crippen LogP contribution is 2.34. The Morgan fingerprint density at radius 1 is 1.18 bits per heavy atom. The van der Waals surface area contributed by atoms with Crippen LogP contribution in [-0.2, 0) is 0 Å². The quantitative estimate of drug-likeness (QED) is 0.711. The monoisotopic (exact) mass is 243 g/mol. The number of anilines is 1. The van der Waals surface area contributed by atoms with Crippen molar-refractivity contribution in [2.24, 2.45) is 0 Å². The average molecular weight is 243 g/mol. The van der Waals surface area contributed by atoms with Crippen LogP contribution in [0.1, 0.15) is 24.8 Å². The summed E-state index contributed by atoms with van der Waals surface area (Å²) in [6.45, 7) is 4.28. The fraction of sp³-hybridized carbons (Fsp3) is 0.231. The van der Waals surface area contributed by atoms with E-state index in [4.69, 9.17) is 5.73 Å². The third kappa shape index (κ3) is 1.56. The van der Waals surface area contributed by atoms with E-state index in [2.05, 4.69) is 29.9 Å². The van der Waals surface area contributed by atoms with Crippen molar-refractivity contribution in [3.63, 3.8) is 0 Å². The van der Waals surface area contributed by atoms with Crippen LogP contribution in [0.5, 0.6) is 0 Å². The van der Waals surface area contributed by atoms with E-state index in [0.717, 1.165) is 26.1 Å². The summed E-state index contributed by atoms with van der Waals surface area (Å²) >= 11 is 1.72. The highest BCUT2D eigenvalue weighted by Gasteiger charge is 2.13. The van der Waals surface area contributed by atoms with Gasteiger partial charge in [0.25, 0.3) is 0 Å². The van der Waals surface area contributed by atoms with Gasteiger partial charge in [0.05, 0.1) is 15.2 Å². The second-order valence-electron chi connectivity index (χ2n) is 4.40. The van der Waals surface area contributed by atoms with Crippen molar-refractivity contribution in [3.05, 3.63) is 29.3 Å². The summed E-state index contributed by atoms with van der Waals surface area (Å²) in [6.07, 6.45) is 0. The van der Waals surface area contributed by atoms with E-state index in [9.17, 15) is 0 Å². The standard InChI is InChI=1S/C13H13N3S/c1-7(2)13-16-10-11(17-13)8-5-3-4-6-9(8)15-12(10)14/h3-7H,1-2H3,(H2,14,15). The molecule has 4 heteroatoms. The second kappa shape index (κ2) is 3.67. The van der Waals surface area contributed by atoms with E-state index in [1.165, 1.54) is 0 Å². The topological polar surface area (TPSA) is 51.8 Å². The molecular weight excluding hydrogens is 230 g/mol. The van der Waals surface area contributed by atoms with Gasteiger partial charge in [-0.2, -0.15) is 0 Å². The van der Waals surface area contributed by atoms with E-state index in [1.54, 1.807) is 11.3 Å². The normalized spacial score (nSPS) is 11.7. The first-order valence-corrected chi connectivity index (χ1v) is 6.43. The zero-order valence-electron chi connectivity index (χ0n) is 9.77. The van der Waals surface area contributed by atoms with Crippen LogP contribution in [0, 0.1) is 0 Å². The average Bonchev–Trinajstić information content (AvgIpc) is 2.75. The maximum atomic E-state index is 5.97. The van der Waals surface area contributed by atoms with Crippen LogP contribution >= 0.6 is 11.3 Å². The Labute approximate surface area is 103 Å². The highest BCUT2D eigenvalue weighted by atomic mass is 32.1. The number of rotatable bonds is 1. The predicted octanol–water partition coefficient (Wildman–Crippen LogP) is 3.55. The molecule has 86 valence electrons. The molecule has 0 saturated carbocycles. The van der Waals surface area contributed by atoms with Crippen molar-refractivity contribution in [1.82, 2.24) is 9.97 Å². The molecule has 0 aliphatic carbocycles. The molecule has 0 atom stereocenters. The number of pyridine rings is 1. The fourth-order valence-corrected chi connectivity index (χ4v) is 3.00. The summed E-state index contributed by atoms with van der Waals surface area (Å²) in [7, 11) is 0. The lowest BCUT2D eigenvalue weighted by molar-refractivity contribution is 0.857. The number of fused-ring (bicyclic) bond motifs is 3. The van der Waals surface area contributed by atoms with Gasteiger partial charge in [0, 0.05) is 11.3 Å². The Kier molecular flexibility index (Phi) is 2.26. The van der Waals surface area contributed by atoms with Gasteiger partial charge in [0.2, 0.25) is 0 Å². The van der Waals surface area contributed by atoms with Crippen LogP contribution in [0.2, 0.25) is 0 Å². The molecule has 0 spiro atoms. The minimum absolute atomic E-state index is 0.422. The molecule has 17 heavy (non-hydrogen) atoms. The maximum absolute atomic E-state index is 5.97. The Bertz CT molecular complexity index is 700. The van der Waals surface area contributed by atoms with Gasteiger partial charge in [-0.15, -0.1) is 11.3 Å². The molecule has 0 aliphatic rings. The van der Waals surface area contributed by atoms with Gasteiger partial charge in [-0.25, -0.2) is 9.97 Å². The van der Waals surface area contributed by atoms with Gasteiger partial charge in [0.15, 0.2) is 5.82 Å². The zero-order chi connectivity index (χ0) is 12.0. The molecule has 0 amide bonds. The van der Waals surface area contributed by atoms with Crippen molar-refractivity contribution in [3.8, 4) is 0 Å². The SMILES string of the molecule is CC(C)c1nc2c(N)nc3ccccc3c2s1. The third-order valence-electron chi connectivity index (χ3n) is 2.77. The Morgan fingerprint density at radius 3 is 2.71 bits per heavy atom. The molecule has 1 aromatic carbocycles. The van der Waals surface area contributed by atoms with Crippen molar-refractivity contribution in [2.75, 3.05) is 5.73 Å². The first kappa shape index (κ1) is 10.5. The van der Waals surface area contributed by atoms with Crippen molar-refractivity contribution >= 4 is 38.3 Å². The van der Waals surface area contributed by atoms with Gasteiger partial charge in [0.1, 0.15) is 5.52 Å². The molecule has 0 bridgehead atoms. The summed E-state index contributed by atoms with van der Waals surface area (Å²) in [5, 5.41) is 2.26. The molecule has 3 nitrogen and oxygen atoms in total. The van der Waals surface area contributed by atoms with E-state index in [1.807, 2.05) is 18.2 Å². The summed E-state index contributed by atoms with van der Waals surface area (Å²) in [4.78, 5) is 8.99. The first-order valence-electron chi connectivity index (χ1n) is 5.61. The first-order chi connectivity index (χ1) is 8.16. The maximum Gasteiger partial charge on any atom is 0.151 e. The van der Waals surface area contributed by atoms with E-state index in [0.29, 0.717) is 11.7 Å². The molecule has 0 fully saturated rings. The van der Waals surface area contributed by atoms with Gasteiger partial charge < -0.3 is 5.73 Å². The van der Waals surface area contributed by atoms with E-state index < -0.39 is 0 Å². The number of para-hydroxylation sites is 1. The minimum atomic E-state index is 0.422. The Morgan fingerprint density at radius 2 is 1.94 bits per heavy atom. The second-order valence-corrected chi connectivity index (χ2v) is 5.43. The Balaban J connectivity index is 2.47. The largest absolute Gasteiger partial charge is 0.382 e. The van der Waals surface area contributed by atoms with Gasteiger partial charge in [-0.05, 0) is 6.07 Å². The molecule has 0 saturated heterocycles. The molecule has 2 aromatic heterocycles. The number of benzene rings is 1. The van der Waals surface area contributed by atoms with Crippen molar-refractivity contribution < 1.29 is 0 Å². The number of aromatic nitrogens is 2. The molecule has 2 heterocycles. The number of nitrogens with zero attached hydrogens (tertiary/aromatic N) is 2. The van der Waals surface area contributed by atoms with E-state index in [-0.39, 0.29) is 0 Å². The fourth-order valence-electron chi connectivity index (χ4n) is 1.89. The van der Waals surface area contributed by atoms with Crippen LogP contribution in [0.4, 0.5) is 5.82 Å². The molecule has 0 unspecified atom stereocenters. The molecule has 3 aromatic rings. The van der Waals surface area contributed by atoms with Gasteiger partial charge >= 0.3 is 0 Å².